The van der Waals surface area contributed by atoms with E-state index in [9.17, 15) is 14.9 Å². The summed E-state index contributed by atoms with van der Waals surface area (Å²) in [5, 5.41) is 18.4. The minimum absolute atomic E-state index is 0.0365. The SMILES string of the molecule is CC(C)(C)C[C@@H]1CCCN1C(=O)c1n[nH]c2ccc([N+](=O)[O-])cc12. The number of nitro benzene ring substituents is 1. The zero-order valence-corrected chi connectivity index (χ0v) is 14.2. The van der Waals surface area contributed by atoms with Crippen LogP contribution in [-0.4, -0.2) is 38.5 Å². The molecule has 1 atom stereocenters. The second-order valence-electron chi connectivity index (χ2n) is 7.62. The third kappa shape index (κ3) is 3.11. The van der Waals surface area contributed by atoms with Crippen LogP contribution in [0.5, 0.6) is 0 Å². The Kier molecular flexibility index (Phi) is 4.03. The highest BCUT2D eigenvalue weighted by Crippen LogP contribution is 2.32. The van der Waals surface area contributed by atoms with E-state index in [1.54, 1.807) is 6.07 Å². The van der Waals surface area contributed by atoms with Gasteiger partial charge in [-0.1, -0.05) is 20.8 Å². The molecule has 3 rings (SSSR count). The largest absolute Gasteiger partial charge is 0.334 e. The van der Waals surface area contributed by atoms with Gasteiger partial charge in [0, 0.05) is 30.1 Å². The first-order valence-electron chi connectivity index (χ1n) is 8.20. The molecule has 1 aliphatic rings. The van der Waals surface area contributed by atoms with Crippen molar-refractivity contribution in [3.63, 3.8) is 0 Å². The van der Waals surface area contributed by atoms with Crippen LogP contribution in [0.2, 0.25) is 0 Å². The van der Waals surface area contributed by atoms with Crippen LogP contribution in [-0.2, 0) is 0 Å². The van der Waals surface area contributed by atoms with E-state index >= 15 is 0 Å². The van der Waals surface area contributed by atoms with Crippen molar-refractivity contribution < 1.29 is 9.72 Å². The van der Waals surface area contributed by atoms with E-state index < -0.39 is 4.92 Å². The van der Waals surface area contributed by atoms with Gasteiger partial charge >= 0.3 is 0 Å². The predicted octanol–water partition coefficient (Wildman–Crippen LogP) is 3.51. The standard InChI is InChI=1S/C17H22N4O3/c1-17(2,3)10-12-5-4-8-20(12)16(22)15-13-9-11(21(23)24)6-7-14(13)18-19-15/h6-7,9,12H,4-5,8,10H2,1-3H3,(H,18,19)/t12-/m0/s1. The summed E-state index contributed by atoms with van der Waals surface area (Å²) in [5.74, 6) is -0.145. The predicted molar refractivity (Wildman–Crippen MR) is 90.9 cm³/mol. The Morgan fingerprint density at radius 3 is 2.88 bits per heavy atom. The molecule has 2 heterocycles. The van der Waals surface area contributed by atoms with Crippen LogP contribution in [0.15, 0.2) is 18.2 Å². The monoisotopic (exact) mass is 330 g/mol. The van der Waals surface area contributed by atoms with Gasteiger partial charge in [-0.05, 0) is 30.7 Å². The maximum atomic E-state index is 13.0. The molecule has 0 saturated carbocycles. The van der Waals surface area contributed by atoms with Gasteiger partial charge in [0.15, 0.2) is 5.69 Å². The van der Waals surface area contributed by atoms with E-state index in [2.05, 4.69) is 31.0 Å². The average Bonchev–Trinajstić information content (AvgIpc) is 3.10. The van der Waals surface area contributed by atoms with Crippen LogP contribution >= 0.6 is 0 Å². The molecule has 0 spiro atoms. The molecule has 7 heteroatoms. The Labute approximate surface area is 140 Å². The molecule has 2 aromatic rings. The summed E-state index contributed by atoms with van der Waals surface area (Å²) in [4.78, 5) is 25.4. The maximum absolute atomic E-state index is 13.0. The second-order valence-corrected chi connectivity index (χ2v) is 7.62. The molecule has 128 valence electrons. The first kappa shape index (κ1) is 16.4. The summed E-state index contributed by atoms with van der Waals surface area (Å²) >= 11 is 0. The van der Waals surface area contributed by atoms with Gasteiger partial charge in [-0.15, -0.1) is 0 Å². The fourth-order valence-corrected chi connectivity index (χ4v) is 3.44. The number of rotatable bonds is 3. The number of hydrogen-bond acceptors (Lipinski definition) is 4. The van der Waals surface area contributed by atoms with Crippen molar-refractivity contribution in [2.45, 2.75) is 46.1 Å². The van der Waals surface area contributed by atoms with Gasteiger partial charge in [0.1, 0.15) is 0 Å². The molecule has 1 amide bonds. The number of nitro groups is 1. The fourth-order valence-electron chi connectivity index (χ4n) is 3.44. The third-order valence-corrected chi connectivity index (χ3v) is 4.45. The van der Waals surface area contributed by atoms with Gasteiger partial charge in [0.05, 0.1) is 10.4 Å². The van der Waals surface area contributed by atoms with Gasteiger partial charge in [-0.25, -0.2) is 0 Å². The lowest BCUT2D eigenvalue weighted by atomic mass is 9.87. The summed E-state index contributed by atoms with van der Waals surface area (Å²) in [5.41, 5.74) is 1.01. The summed E-state index contributed by atoms with van der Waals surface area (Å²) in [6, 6.07) is 4.62. The number of aromatic amines is 1. The molecule has 0 bridgehead atoms. The zero-order chi connectivity index (χ0) is 17.5. The molecule has 1 N–H and O–H groups in total. The van der Waals surface area contributed by atoms with E-state index in [0.29, 0.717) is 17.4 Å². The quantitative estimate of drug-likeness (QED) is 0.688. The Bertz CT molecular complexity index is 791. The highest BCUT2D eigenvalue weighted by atomic mass is 16.6. The van der Waals surface area contributed by atoms with E-state index in [0.717, 1.165) is 19.3 Å². The molecule has 24 heavy (non-hydrogen) atoms. The van der Waals surface area contributed by atoms with Gasteiger partial charge in [-0.3, -0.25) is 20.0 Å². The number of carbonyl (C=O) groups is 1. The number of benzene rings is 1. The molecule has 1 aliphatic heterocycles. The first-order chi connectivity index (χ1) is 11.3. The molecule has 1 fully saturated rings. The average molecular weight is 330 g/mol. The number of aromatic nitrogens is 2. The summed E-state index contributed by atoms with van der Waals surface area (Å²) in [6.07, 6.45) is 2.90. The van der Waals surface area contributed by atoms with Crippen molar-refractivity contribution in [1.29, 1.82) is 0 Å². The molecule has 1 aromatic heterocycles. The van der Waals surface area contributed by atoms with Crippen molar-refractivity contribution in [1.82, 2.24) is 15.1 Å². The number of fused-ring (bicyclic) bond motifs is 1. The smallest absolute Gasteiger partial charge is 0.275 e. The molecule has 0 unspecified atom stereocenters. The van der Waals surface area contributed by atoms with Crippen LogP contribution in [0.4, 0.5) is 5.69 Å². The number of H-pyrrole nitrogens is 1. The number of carbonyl (C=O) groups excluding carboxylic acids is 1. The molecule has 7 nitrogen and oxygen atoms in total. The van der Waals surface area contributed by atoms with Crippen LogP contribution in [0.25, 0.3) is 10.9 Å². The molecule has 1 saturated heterocycles. The highest BCUT2D eigenvalue weighted by Gasteiger charge is 2.34. The Morgan fingerprint density at radius 1 is 1.46 bits per heavy atom. The minimum atomic E-state index is -0.459. The second kappa shape index (κ2) is 5.89. The number of nitrogens with zero attached hydrogens (tertiary/aromatic N) is 3. The van der Waals surface area contributed by atoms with Crippen LogP contribution in [0.1, 0.15) is 50.5 Å². The van der Waals surface area contributed by atoms with Crippen LogP contribution in [0.3, 0.4) is 0 Å². The molecule has 0 aliphatic carbocycles. The lowest BCUT2D eigenvalue weighted by molar-refractivity contribution is -0.384. The normalized spacial score (nSPS) is 18.3. The lowest BCUT2D eigenvalue weighted by Gasteiger charge is -2.30. The number of nitrogens with one attached hydrogen (secondary N) is 1. The van der Waals surface area contributed by atoms with Crippen LogP contribution < -0.4 is 0 Å². The topological polar surface area (TPSA) is 92.1 Å². The number of non-ortho nitro benzene ring substituents is 1. The Morgan fingerprint density at radius 2 is 2.21 bits per heavy atom. The molecular formula is C17H22N4O3. The minimum Gasteiger partial charge on any atom is -0.334 e. The maximum Gasteiger partial charge on any atom is 0.275 e. The summed E-state index contributed by atoms with van der Waals surface area (Å²) in [6.45, 7) is 7.21. The highest BCUT2D eigenvalue weighted by molar-refractivity contribution is 6.05. The van der Waals surface area contributed by atoms with E-state index in [1.165, 1.54) is 12.1 Å². The van der Waals surface area contributed by atoms with Crippen molar-refractivity contribution in [3.8, 4) is 0 Å². The Hall–Kier alpha value is -2.44. The van der Waals surface area contributed by atoms with Gasteiger partial charge in [0.25, 0.3) is 11.6 Å². The van der Waals surface area contributed by atoms with Crippen molar-refractivity contribution >= 4 is 22.5 Å². The van der Waals surface area contributed by atoms with Crippen LogP contribution in [0, 0.1) is 15.5 Å². The van der Waals surface area contributed by atoms with E-state index in [-0.39, 0.29) is 28.7 Å². The zero-order valence-electron chi connectivity index (χ0n) is 14.2. The summed E-state index contributed by atoms with van der Waals surface area (Å²) < 4.78 is 0. The van der Waals surface area contributed by atoms with Gasteiger partial charge in [0.2, 0.25) is 0 Å². The van der Waals surface area contributed by atoms with E-state index in [4.69, 9.17) is 0 Å². The first-order valence-corrected chi connectivity index (χ1v) is 8.20. The Balaban J connectivity index is 1.93. The number of amides is 1. The van der Waals surface area contributed by atoms with Crippen molar-refractivity contribution in [3.05, 3.63) is 34.0 Å². The van der Waals surface area contributed by atoms with E-state index in [1.807, 2.05) is 4.90 Å². The summed E-state index contributed by atoms with van der Waals surface area (Å²) in [7, 11) is 0. The van der Waals surface area contributed by atoms with Crippen molar-refractivity contribution in [2.75, 3.05) is 6.54 Å². The van der Waals surface area contributed by atoms with Crippen molar-refractivity contribution in [2.24, 2.45) is 5.41 Å². The lowest BCUT2D eigenvalue weighted by Crippen LogP contribution is -2.38. The molecule has 0 radical (unpaired) electrons. The molecule has 1 aromatic carbocycles. The van der Waals surface area contributed by atoms with Gasteiger partial charge < -0.3 is 4.90 Å². The fraction of sp³-hybridized carbons (Fsp3) is 0.529. The van der Waals surface area contributed by atoms with Gasteiger partial charge in [-0.2, -0.15) is 5.10 Å². The number of likely N-dealkylation sites (tertiary alicyclic amines) is 1. The molecular weight excluding hydrogens is 308 g/mol. The number of hydrogen-bond donors (Lipinski definition) is 1. The third-order valence-electron chi connectivity index (χ3n) is 4.45.